The fourth-order valence-corrected chi connectivity index (χ4v) is 2.51. The average Bonchev–Trinajstić information content (AvgIpc) is 3.06. The average molecular weight is 337 g/mol. The van der Waals surface area contributed by atoms with Gasteiger partial charge in [-0.15, -0.1) is 0 Å². The van der Waals surface area contributed by atoms with Gasteiger partial charge < -0.3 is 20.2 Å². The number of pyridine rings is 1. The first-order chi connectivity index (χ1) is 12.1. The van der Waals surface area contributed by atoms with E-state index in [4.69, 9.17) is 14.9 Å². The molecule has 0 aliphatic carbocycles. The van der Waals surface area contributed by atoms with E-state index in [1.807, 2.05) is 37.3 Å². The first-order valence-electron chi connectivity index (χ1n) is 7.81. The number of aryl methyl sites for hydroxylation is 1. The highest BCUT2D eigenvalue weighted by molar-refractivity contribution is 5.95. The minimum absolute atomic E-state index is 0.246. The van der Waals surface area contributed by atoms with Gasteiger partial charge in [0.1, 0.15) is 23.0 Å². The number of furan rings is 1. The molecule has 128 valence electrons. The fourth-order valence-electron chi connectivity index (χ4n) is 2.51. The van der Waals surface area contributed by atoms with E-state index in [-0.39, 0.29) is 11.7 Å². The number of nitrogen functional groups attached to an aromatic ring is 1. The third-order valence-corrected chi connectivity index (χ3v) is 3.73. The minimum atomic E-state index is -0.246. The molecule has 3 aromatic rings. The summed E-state index contributed by atoms with van der Waals surface area (Å²) in [6.45, 7) is 2.19. The van der Waals surface area contributed by atoms with Gasteiger partial charge in [-0.25, -0.2) is 4.98 Å². The molecule has 3 rings (SSSR count). The number of aromatic nitrogens is 1. The Morgan fingerprint density at radius 1 is 1.24 bits per heavy atom. The summed E-state index contributed by atoms with van der Waals surface area (Å²) in [6, 6.07) is 14.4. The van der Waals surface area contributed by atoms with Crippen LogP contribution in [0.3, 0.4) is 0 Å². The number of anilines is 1. The smallest absolute Gasteiger partial charge is 0.251 e. The summed E-state index contributed by atoms with van der Waals surface area (Å²) in [5, 5.41) is 2.87. The number of ether oxygens (including phenoxy) is 1. The number of amides is 1. The van der Waals surface area contributed by atoms with Crippen molar-refractivity contribution in [2.24, 2.45) is 0 Å². The molecule has 25 heavy (non-hydrogen) atoms. The van der Waals surface area contributed by atoms with Gasteiger partial charge in [-0.2, -0.15) is 0 Å². The molecule has 0 fully saturated rings. The van der Waals surface area contributed by atoms with E-state index in [0.717, 1.165) is 17.1 Å². The van der Waals surface area contributed by atoms with E-state index in [9.17, 15) is 4.79 Å². The molecule has 0 unspecified atom stereocenters. The maximum Gasteiger partial charge on any atom is 0.251 e. The number of benzene rings is 1. The van der Waals surface area contributed by atoms with Crippen LogP contribution in [-0.2, 0) is 6.54 Å². The largest absolute Gasteiger partial charge is 0.496 e. The Kier molecular flexibility index (Phi) is 4.70. The van der Waals surface area contributed by atoms with Crippen LogP contribution in [0.15, 0.2) is 52.9 Å². The molecule has 0 spiro atoms. The zero-order chi connectivity index (χ0) is 17.8. The number of rotatable bonds is 5. The molecule has 6 heteroatoms. The normalized spacial score (nSPS) is 10.5. The number of hydrogen-bond donors (Lipinski definition) is 2. The lowest BCUT2D eigenvalue weighted by atomic mass is 10.1. The van der Waals surface area contributed by atoms with E-state index in [1.54, 1.807) is 19.2 Å². The van der Waals surface area contributed by atoms with Crippen molar-refractivity contribution in [1.82, 2.24) is 10.3 Å². The van der Waals surface area contributed by atoms with Gasteiger partial charge in [0.15, 0.2) is 5.76 Å². The van der Waals surface area contributed by atoms with Crippen LogP contribution >= 0.6 is 0 Å². The maximum atomic E-state index is 12.5. The predicted molar refractivity (Wildman–Crippen MR) is 95.3 cm³/mol. The molecule has 6 nitrogen and oxygen atoms in total. The van der Waals surface area contributed by atoms with Gasteiger partial charge in [0, 0.05) is 17.7 Å². The number of nitrogens with one attached hydrogen (secondary N) is 1. The number of hydrogen-bond acceptors (Lipinski definition) is 5. The Morgan fingerprint density at radius 3 is 2.76 bits per heavy atom. The SMILES string of the molecule is COc1ccccc1CNC(=O)c1cc(N)nc(-c2ccc(C)o2)c1. The van der Waals surface area contributed by atoms with E-state index >= 15 is 0 Å². The van der Waals surface area contributed by atoms with Gasteiger partial charge in [-0.3, -0.25) is 4.79 Å². The molecule has 2 heterocycles. The topological polar surface area (TPSA) is 90.4 Å². The second-order valence-electron chi connectivity index (χ2n) is 5.57. The third-order valence-electron chi connectivity index (χ3n) is 3.73. The van der Waals surface area contributed by atoms with Crippen molar-refractivity contribution < 1.29 is 13.9 Å². The van der Waals surface area contributed by atoms with Crippen molar-refractivity contribution in [2.75, 3.05) is 12.8 Å². The number of carbonyl (C=O) groups excluding carboxylic acids is 1. The summed E-state index contributed by atoms with van der Waals surface area (Å²) in [5.74, 6) is 2.08. The molecule has 0 atom stereocenters. The third kappa shape index (κ3) is 3.80. The van der Waals surface area contributed by atoms with Crippen molar-refractivity contribution in [1.29, 1.82) is 0 Å². The molecule has 1 amide bonds. The van der Waals surface area contributed by atoms with Crippen molar-refractivity contribution in [2.45, 2.75) is 13.5 Å². The summed E-state index contributed by atoms with van der Waals surface area (Å²) in [5.41, 5.74) is 7.68. The first kappa shape index (κ1) is 16.6. The van der Waals surface area contributed by atoms with E-state index in [1.165, 1.54) is 6.07 Å². The number of nitrogens with zero attached hydrogens (tertiary/aromatic N) is 1. The van der Waals surface area contributed by atoms with Gasteiger partial charge in [-0.05, 0) is 37.3 Å². The van der Waals surface area contributed by atoms with Crippen molar-refractivity contribution >= 4 is 11.7 Å². The van der Waals surface area contributed by atoms with Crippen LogP contribution in [0.2, 0.25) is 0 Å². The summed E-state index contributed by atoms with van der Waals surface area (Å²) >= 11 is 0. The standard InChI is InChI=1S/C19H19N3O3/c1-12-7-8-17(25-12)15-9-14(10-18(20)22-15)19(23)21-11-13-5-3-4-6-16(13)24-2/h3-10H,11H2,1-2H3,(H2,20,22)(H,21,23). The van der Waals surface area contributed by atoms with Crippen LogP contribution in [-0.4, -0.2) is 18.0 Å². The molecular weight excluding hydrogens is 318 g/mol. The Labute approximate surface area is 145 Å². The second kappa shape index (κ2) is 7.09. The number of para-hydroxylation sites is 1. The molecule has 0 saturated carbocycles. The summed E-state index contributed by atoms with van der Waals surface area (Å²) in [4.78, 5) is 16.7. The van der Waals surface area contributed by atoms with Crippen LogP contribution < -0.4 is 15.8 Å². The van der Waals surface area contributed by atoms with Crippen molar-refractivity contribution in [3.8, 4) is 17.2 Å². The molecule has 0 aliphatic rings. The van der Waals surface area contributed by atoms with Gasteiger partial charge in [-0.1, -0.05) is 18.2 Å². The molecule has 0 saturated heterocycles. The van der Waals surface area contributed by atoms with E-state index in [0.29, 0.717) is 23.6 Å². The number of nitrogens with two attached hydrogens (primary N) is 1. The molecule has 0 bridgehead atoms. The maximum absolute atomic E-state index is 12.5. The zero-order valence-electron chi connectivity index (χ0n) is 14.1. The van der Waals surface area contributed by atoms with Crippen LogP contribution in [0.1, 0.15) is 21.7 Å². The summed E-state index contributed by atoms with van der Waals surface area (Å²) in [6.07, 6.45) is 0. The highest BCUT2D eigenvalue weighted by atomic mass is 16.5. The Morgan fingerprint density at radius 2 is 2.04 bits per heavy atom. The van der Waals surface area contributed by atoms with Gasteiger partial charge in [0.25, 0.3) is 5.91 Å². The van der Waals surface area contributed by atoms with Crippen LogP contribution in [0.25, 0.3) is 11.5 Å². The number of carbonyl (C=O) groups is 1. The molecule has 2 aromatic heterocycles. The second-order valence-corrected chi connectivity index (χ2v) is 5.57. The predicted octanol–water partition coefficient (Wildman–Crippen LogP) is 3.17. The van der Waals surface area contributed by atoms with Crippen molar-refractivity contribution in [3.63, 3.8) is 0 Å². The van der Waals surface area contributed by atoms with Crippen LogP contribution in [0, 0.1) is 6.92 Å². The monoisotopic (exact) mass is 337 g/mol. The molecule has 1 aromatic carbocycles. The molecule has 0 radical (unpaired) electrons. The molecule has 0 aliphatic heterocycles. The minimum Gasteiger partial charge on any atom is -0.496 e. The Balaban J connectivity index is 1.79. The molecular formula is C19H19N3O3. The quantitative estimate of drug-likeness (QED) is 0.746. The lowest BCUT2D eigenvalue weighted by Gasteiger charge is -2.10. The van der Waals surface area contributed by atoms with Crippen molar-refractivity contribution in [3.05, 3.63) is 65.4 Å². The highest BCUT2D eigenvalue weighted by Crippen LogP contribution is 2.23. The van der Waals surface area contributed by atoms with Crippen LogP contribution in [0.4, 0.5) is 5.82 Å². The highest BCUT2D eigenvalue weighted by Gasteiger charge is 2.13. The first-order valence-corrected chi connectivity index (χ1v) is 7.81. The van der Waals surface area contributed by atoms with Gasteiger partial charge in [0.2, 0.25) is 0 Å². The summed E-state index contributed by atoms with van der Waals surface area (Å²) in [7, 11) is 1.60. The van der Waals surface area contributed by atoms with Crippen LogP contribution in [0.5, 0.6) is 5.75 Å². The lowest BCUT2D eigenvalue weighted by Crippen LogP contribution is -2.23. The fraction of sp³-hybridized carbons (Fsp3) is 0.158. The van der Waals surface area contributed by atoms with Gasteiger partial charge >= 0.3 is 0 Å². The Hall–Kier alpha value is -3.28. The zero-order valence-corrected chi connectivity index (χ0v) is 14.1. The lowest BCUT2D eigenvalue weighted by molar-refractivity contribution is 0.0950. The van der Waals surface area contributed by atoms with Gasteiger partial charge in [0.05, 0.1) is 7.11 Å². The number of methoxy groups -OCH3 is 1. The summed E-state index contributed by atoms with van der Waals surface area (Å²) < 4.78 is 10.8. The van der Waals surface area contributed by atoms with E-state index in [2.05, 4.69) is 10.3 Å². The Bertz CT molecular complexity index is 902. The van der Waals surface area contributed by atoms with E-state index < -0.39 is 0 Å². The molecule has 3 N–H and O–H groups in total.